The summed E-state index contributed by atoms with van der Waals surface area (Å²) in [4.78, 5) is 28.0. The van der Waals surface area contributed by atoms with Gasteiger partial charge < -0.3 is 15.0 Å². The van der Waals surface area contributed by atoms with Crippen molar-refractivity contribution in [1.82, 2.24) is 4.90 Å². The van der Waals surface area contributed by atoms with E-state index in [1.54, 1.807) is 18.2 Å². The van der Waals surface area contributed by atoms with Crippen molar-refractivity contribution in [3.63, 3.8) is 0 Å². The van der Waals surface area contributed by atoms with Crippen LogP contribution < -0.4 is 10.1 Å². The number of amides is 2. The highest BCUT2D eigenvalue weighted by Gasteiger charge is 2.36. The van der Waals surface area contributed by atoms with E-state index < -0.39 is 29.2 Å². The number of carbonyl (C=O) groups excluding carboxylic acids is 2. The van der Waals surface area contributed by atoms with Crippen molar-refractivity contribution >= 4 is 17.5 Å². The van der Waals surface area contributed by atoms with Crippen LogP contribution in [0.4, 0.5) is 14.5 Å². The number of benzene rings is 3. The summed E-state index contributed by atoms with van der Waals surface area (Å²) in [5.41, 5.74) is 2.86. The van der Waals surface area contributed by atoms with Gasteiger partial charge in [-0.2, -0.15) is 0 Å². The van der Waals surface area contributed by atoms with Crippen LogP contribution in [0.25, 0.3) is 0 Å². The van der Waals surface area contributed by atoms with Gasteiger partial charge in [0.05, 0.1) is 12.6 Å². The van der Waals surface area contributed by atoms with E-state index >= 15 is 0 Å². The van der Waals surface area contributed by atoms with Gasteiger partial charge in [0.25, 0.3) is 11.8 Å². The van der Waals surface area contributed by atoms with E-state index in [9.17, 15) is 18.4 Å². The normalized spacial score (nSPS) is 19.3. The maximum atomic E-state index is 14.1. The number of fused-ring (bicyclic) bond motifs is 2. The smallest absolute Gasteiger partial charge is 0.264 e. The lowest BCUT2D eigenvalue weighted by atomic mass is 9.86. The molecule has 0 fully saturated rings. The third-order valence-electron chi connectivity index (χ3n) is 6.76. The molecule has 2 aliphatic rings. The Labute approximate surface area is 202 Å². The fraction of sp³-hybridized carbons (Fsp3) is 0.286. The molecular weight excluding hydrogens is 450 g/mol. The second-order valence-electron chi connectivity index (χ2n) is 8.96. The van der Waals surface area contributed by atoms with Crippen molar-refractivity contribution in [3.8, 4) is 5.75 Å². The number of aryl methyl sites for hydroxylation is 1. The first-order chi connectivity index (χ1) is 17.0. The Bertz CT molecular complexity index is 1270. The van der Waals surface area contributed by atoms with E-state index in [1.807, 2.05) is 24.0 Å². The molecule has 0 saturated carbocycles. The Morgan fingerprint density at radius 1 is 1.06 bits per heavy atom. The van der Waals surface area contributed by atoms with Gasteiger partial charge in [0, 0.05) is 11.3 Å². The third-order valence-corrected chi connectivity index (χ3v) is 6.76. The van der Waals surface area contributed by atoms with Gasteiger partial charge in [0.15, 0.2) is 6.10 Å². The summed E-state index contributed by atoms with van der Waals surface area (Å²) in [6, 6.07) is 16.4. The predicted molar refractivity (Wildman–Crippen MR) is 128 cm³/mol. The monoisotopic (exact) mass is 476 g/mol. The number of nitrogens with one attached hydrogen (secondary N) is 1. The Kier molecular flexibility index (Phi) is 6.24. The minimum Gasteiger partial charge on any atom is -0.480 e. The van der Waals surface area contributed by atoms with E-state index in [1.165, 1.54) is 11.6 Å². The number of nitrogens with zero attached hydrogens (tertiary/aromatic N) is 1. The van der Waals surface area contributed by atoms with Crippen LogP contribution in [0.2, 0.25) is 0 Å². The lowest BCUT2D eigenvalue weighted by Gasteiger charge is -2.36. The summed E-state index contributed by atoms with van der Waals surface area (Å²) in [6.07, 6.45) is 2.74. The number of carbonyl (C=O) groups is 2. The summed E-state index contributed by atoms with van der Waals surface area (Å²) in [7, 11) is 0. The quantitative estimate of drug-likeness (QED) is 0.518. The molecule has 7 heteroatoms. The number of hydrogen-bond acceptors (Lipinski definition) is 3. The first-order valence-electron chi connectivity index (χ1n) is 11.9. The van der Waals surface area contributed by atoms with Crippen molar-refractivity contribution < 1.29 is 23.1 Å². The van der Waals surface area contributed by atoms with E-state index in [0.29, 0.717) is 24.4 Å². The summed E-state index contributed by atoms with van der Waals surface area (Å²) < 4.78 is 34.2. The van der Waals surface area contributed by atoms with E-state index in [0.717, 1.165) is 42.5 Å². The lowest BCUT2D eigenvalue weighted by molar-refractivity contribution is -0.141. The molecule has 0 unspecified atom stereocenters. The molecule has 0 aromatic heterocycles. The topological polar surface area (TPSA) is 58.6 Å². The number of halogens is 2. The standard InChI is InChI=1S/C28H26F2N2O3/c1-2-24-28(34)32(23-12-5-8-17-7-3-4-9-20(17)23)16-18-15-19(13-14-25(18)35-24)31-27(33)26-21(29)10-6-11-22(26)30/h3-4,6-7,9-11,13-15,23-24H,2,5,8,12,16H2,1H3,(H,31,33)/t23-,24-/m1/s1. The molecule has 3 aromatic rings. The highest BCUT2D eigenvalue weighted by Crippen LogP contribution is 2.39. The maximum absolute atomic E-state index is 14.1. The van der Waals surface area contributed by atoms with Crippen LogP contribution >= 0.6 is 0 Å². The fourth-order valence-corrected chi connectivity index (χ4v) is 5.03. The average molecular weight is 477 g/mol. The van der Waals surface area contributed by atoms with Gasteiger partial charge in [-0.05, 0) is 67.1 Å². The van der Waals surface area contributed by atoms with Crippen LogP contribution in [0.1, 0.15) is 59.3 Å². The summed E-state index contributed by atoms with van der Waals surface area (Å²) in [5, 5.41) is 2.58. The summed E-state index contributed by atoms with van der Waals surface area (Å²) in [6.45, 7) is 2.22. The molecule has 0 bridgehead atoms. The Hall–Kier alpha value is -3.74. The van der Waals surface area contributed by atoms with Gasteiger partial charge >= 0.3 is 0 Å². The van der Waals surface area contributed by atoms with Crippen molar-refractivity contribution in [2.24, 2.45) is 0 Å². The zero-order valence-corrected chi connectivity index (χ0v) is 19.4. The first kappa shape index (κ1) is 23.0. The Morgan fingerprint density at radius 3 is 2.60 bits per heavy atom. The van der Waals surface area contributed by atoms with Gasteiger partial charge in [-0.3, -0.25) is 9.59 Å². The minimum atomic E-state index is -0.931. The second-order valence-corrected chi connectivity index (χ2v) is 8.96. The zero-order chi connectivity index (χ0) is 24.5. The van der Waals surface area contributed by atoms with E-state index in [2.05, 4.69) is 17.4 Å². The number of hydrogen-bond donors (Lipinski definition) is 1. The molecule has 0 saturated heterocycles. The molecule has 0 radical (unpaired) electrons. The van der Waals surface area contributed by atoms with Gasteiger partial charge in [0.2, 0.25) is 0 Å². The van der Waals surface area contributed by atoms with Gasteiger partial charge in [-0.1, -0.05) is 37.3 Å². The van der Waals surface area contributed by atoms with Crippen LogP contribution in [0, 0.1) is 11.6 Å². The second kappa shape index (κ2) is 9.49. The molecule has 1 aliphatic heterocycles. The average Bonchev–Trinajstić information content (AvgIpc) is 2.99. The molecule has 2 atom stereocenters. The van der Waals surface area contributed by atoms with Crippen molar-refractivity contribution in [3.05, 3.63) is 94.6 Å². The molecule has 5 rings (SSSR count). The molecular formula is C28H26F2N2O3. The SMILES string of the molecule is CC[C@H]1Oc2ccc(NC(=O)c3c(F)cccc3F)cc2CN([C@@H]2CCCc3ccccc32)C1=O. The maximum Gasteiger partial charge on any atom is 0.264 e. The molecule has 35 heavy (non-hydrogen) atoms. The highest BCUT2D eigenvalue weighted by molar-refractivity contribution is 6.04. The van der Waals surface area contributed by atoms with Crippen LogP contribution in [-0.2, 0) is 17.8 Å². The largest absolute Gasteiger partial charge is 0.480 e. The molecule has 1 N–H and O–H groups in total. The van der Waals surface area contributed by atoms with Crippen LogP contribution in [0.3, 0.4) is 0 Å². The molecule has 5 nitrogen and oxygen atoms in total. The molecule has 0 spiro atoms. The predicted octanol–water partition coefficient (Wildman–Crippen LogP) is 5.79. The van der Waals surface area contributed by atoms with Crippen molar-refractivity contribution in [2.45, 2.75) is 51.3 Å². The number of ether oxygens (including phenoxy) is 1. The van der Waals surface area contributed by atoms with Crippen molar-refractivity contribution in [2.75, 3.05) is 5.32 Å². The summed E-state index contributed by atoms with van der Waals surface area (Å²) in [5.74, 6) is -2.25. The molecule has 3 aromatic carbocycles. The highest BCUT2D eigenvalue weighted by atomic mass is 19.1. The molecule has 1 heterocycles. The first-order valence-corrected chi connectivity index (χ1v) is 11.9. The lowest BCUT2D eigenvalue weighted by Crippen LogP contribution is -2.42. The zero-order valence-electron chi connectivity index (χ0n) is 19.4. The number of anilines is 1. The fourth-order valence-electron chi connectivity index (χ4n) is 5.03. The Morgan fingerprint density at radius 2 is 1.83 bits per heavy atom. The number of rotatable bonds is 4. The molecule has 1 aliphatic carbocycles. The van der Waals surface area contributed by atoms with E-state index in [-0.39, 0.29) is 11.9 Å². The minimum absolute atomic E-state index is 0.0654. The van der Waals surface area contributed by atoms with Crippen LogP contribution in [-0.4, -0.2) is 22.8 Å². The van der Waals surface area contributed by atoms with Gasteiger partial charge in [-0.15, -0.1) is 0 Å². The molecule has 2 amide bonds. The third kappa shape index (κ3) is 4.38. The molecule has 180 valence electrons. The van der Waals surface area contributed by atoms with E-state index in [4.69, 9.17) is 4.74 Å². The van der Waals surface area contributed by atoms with Gasteiger partial charge in [0.1, 0.15) is 22.9 Å². The Balaban J connectivity index is 1.47. The van der Waals surface area contributed by atoms with Crippen LogP contribution in [0.15, 0.2) is 60.7 Å². The van der Waals surface area contributed by atoms with Crippen LogP contribution in [0.5, 0.6) is 5.75 Å². The van der Waals surface area contributed by atoms with Gasteiger partial charge in [-0.25, -0.2) is 8.78 Å². The van der Waals surface area contributed by atoms with Crippen molar-refractivity contribution in [1.29, 1.82) is 0 Å². The summed E-state index contributed by atoms with van der Waals surface area (Å²) >= 11 is 0.